The van der Waals surface area contributed by atoms with Crippen LogP contribution < -0.4 is 5.73 Å². The molecule has 2 saturated heterocycles. The van der Waals surface area contributed by atoms with Gasteiger partial charge in [-0.3, -0.25) is 9.78 Å². The molecular formula is C20H24ClN3O5S. The van der Waals surface area contributed by atoms with E-state index in [0.717, 1.165) is 12.8 Å². The van der Waals surface area contributed by atoms with Gasteiger partial charge in [0.2, 0.25) is 10.0 Å². The fourth-order valence-corrected chi connectivity index (χ4v) is 6.19. The summed E-state index contributed by atoms with van der Waals surface area (Å²) in [4.78, 5) is 16.8. The first-order chi connectivity index (χ1) is 14.4. The zero-order chi connectivity index (χ0) is 21.3. The van der Waals surface area contributed by atoms with Crippen LogP contribution in [0.4, 0.5) is 0 Å². The van der Waals surface area contributed by atoms with Crippen molar-refractivity contribution in [2.75, 3.05) is 26.4 Å². The lowest BCUT2D eigenvalue weighted by molar-refractivity contribution is -0.132. The maximum Gasteiger partial charge on any atom is 0.245 e. The zero-order valence-electron chi connectivity index (χ0n) is 16.4. The molecule has 1 aromatic heterocycles. The lowest BCUT2D eigenvalue weighted by atomic mass is 10.0. The number of fused-ring (bicyclic) bond motifs is 1. The molecule has 0 aliphatic carbocycles. The fraction of sp³-hybridized carbons (Fsp3) is 0.500. The first kappa shape index (κ1) is 21.6. The lowest BCUT2D eigenvalue weighted by Gasteiger charge is -2.25. The molecule has 2 atom stereocenters. The number of pyridine rings is 1. The summed E-state index contributed by atoms with van der Waals surface area (Å²) in [6.07, 6.45) is 3.87. The quantitative estimate of drug-likeness (QED) is 0.711. The molecule has 162 valence electrons. The number of aromatic nitrogens is 1. The van der Waals surface area contributed by atoms with Crippen LogP contribution in [-0.2, 0) is 24.3 Å². The standard InChI is InChI=1S/C20H24ClN3O5S/c21-16-11-23-10-13-2-1-3-18(19(13)16)30(26,27)24-7-4-15(20(24)22)17(25)12-29-14-5-8-28-9-6-14/h1-3,10-11,14-15,20H,4-9,12,22H2/t15?,20-/m1/s1. The highest BCUT2D eigenvalue weighted by Gasteiger charge is 2.43. The first-order valence-electron chi connectivity index (χ1n) is 9.91. The molecule has 4 rings (SSSR count). The highest BCUT2D eigenvalue weighted by atomic mass is 35.5. The second kappa shape index (κ2) is 8.86. The van der Waals surface area contributed by atoms with E-state index in [1.165, 1.54) is 16.6 Å². The van der Waals surface area contributed by atoms with Crippen molar-refractivity contribution < 1.29 is 22.7 Å². The summed E-state index contributed by atoms with van der Waals surface area (Å²) >= 11 is 6.25. The number of carbonyl (C=O) groups excluding carboxylic acids is 1. The van der Waals surface area contributed by atoms with Gasteiger partial charge in [-0.05, 0) is 25.3 Å². The number of carbonyl (C=O) groups is 1. The van der Waals surface area contributed by atoms with Gasteiger partial charge in [0, 0.05) is 42.9 Å². The highest BCUT2D eigenvalue weighted by molar-refractivity contribution is 7.89. The van der Waals surface area contributed by atoms with E-state index in [-0.39, 0.29) is 35.0 Å². The van der Waals surface area contributed by atoms with Gasteiger partial charge in [0.15, 0.2) is 5.78 Å². The Balaban J connectivity index is 1.52. The molecule has 0 radical (unpaired) electrons. The zero-order valence-corrected chi connectivity index (χ0v) is 17.9. The van der Waals surface area contributed by atoms with Gasteiger partial charge in [0.1, 0.15) is 6.61 Å². The summed E-state index contributed by atoms with van der Waals surface area (Å²) in [5.41, 5.74) is 6.24. The third-order valence-corrected chi connectivity index (χ3v) is 7.96. The second-order valence-electron chi connectivity index (χ2n) is 7.57. The summed E-state index contributed by atoms with van der Waals surface area (Å²) < 4.78 is 39.0. The molecule has 0 bridgehead atoms. The van der Waals surface area contributed by atoms with Gasteiger partial charge in [-0.15, -0.1) is 0 Å². The number of hydrogen-bond donors (Lipinski definition) is 1. The Labute approximate surface area is 180 Å². The maximum absolute atomic E-state index is 13.4. The van der Waals surface area contributed by atoms with Crippen molar-refractivity contribution in [2.45, 2.75) is 36.4 Å². The Bertz CT molecular complexity index is 1040. The number of nitrogens with zero attached hydrogens (tertiary/aromatic N) is 2. The van der Waals surface area contributed by atoms with Gasteiger partial charge in [0.25, 0.3) is 0 Å². The minimum atomic E-state index is -3.95. The number of nitrogens with two attached hydrogens (primary N) is 1. The van der Waals surface area contributed by atoms with Gasteiger partial charge in [-0.25, -0.2) is 8.42 Å². The number of hydrogen-bond acceptors (Lipinski definition) is 7. The van der Waals surface area contributed by atoms with E-state index in [1.54, 1.807) is 18.3 Å². The second-order valence-corrected chi connectivity index (χ2v) is 9.83. The number of sulfonamides is 1. The van der Waals surface area contributed by atoms with Gasteiger partial charge in [-0.1, -0.05) is 23.7 Å². The predicted octanol–water partition coefficient (Wildman–Crippen LogP) is 1.95. The van der Waals surface area contributed by atoms with Crippen molar-refractivity contribution in [3.05, 3.63) is 35.6 Å². The maximum atomic E-state index is 13.4. The van der Waals surface area contributed by atoms with Crippen LogP contribution in [0.3, 0.4) is 0 Å². The van der Waals surface area contributed by atoms with Crippen molar-refractivity contribution in [3.63, 3.8) is 0 Å². The smallest absolute Gasteiger partial charge is 0.245 e. The van der Waals surface area contributed by atoms with Crippen molar-refractivity contribution >= 4 is 38.2 Å². The van der Waals surface area contributed by atoms with Crippen LogP contribution in [-0.4, -0.2) is 62.1 Å². The summed E-state index contributed by atoms with van der Waals surface area (Å²) in [6.45, 7) is 1.34. The van der Waals surface area contributed by atoms with E-state index in [4.69, 9.17) is 26.8 Å². The number of benzene rings is 1. The Morgan fingerprint density at radius 1 is 1.27 bits per heavy atom. The molecule has 2 N–H and O–H groups in total. The Kier molecular flexibility index (Phi) is 6.38. The molecule has 8 nitrogen and oxygen atoms in total. The van der Waals surface area contributed by atoms with Gasteiger partial charge in [0.05, 0.1) is 28.1 Å². The summed E-state index contributed by atoms with van der Waals surface area (Å²) in [6, 6.07) is 4.88. The average Bonchev–Trinajstić information content (AvgIpc) is 3.15. The van der Waals surface area contributed by atoms with Crippen molar-refractivity contribution in [1.82, 2.24) is 9.29 Å². The minimum absolute atomic E-state index is 0.00778. The molecule has 2 aliphatic heterocycles. The van der Waals surface area contributed by atoms with E-state index in [9.17, 15) is 13.2 Å². The number of ether oxygens (including phenoxy) is 2. The monoisotopic (exact) mass is 453 g/mol. The predicted molar refractivity (Wildman–Crippen MR) is 112 cm³/mol. The first-order valence-corrected chi connectivity index (χ1v) is 11.7. The highest BCUT2D eigenvalue weighted by Crippen LogP contribution is 2.34. The average molecular weight is 454 g/mol. The number of Topliss-reactive ketones (excluding diaryl/α,β-unsaturated/α-hetero) is 1. The number of halogens is 1. The van der Waals surface area contributed by atoms with Crippen molar-refractivity contribution in [3.8, 4) is 0 Å². The molecule has 1 unspecified atom stereocenters. The van der Waals surface area contributed by atoms with E-state index in [1.807, 2.05) is 0 Å². The van der Waals surface area contributed by atoms with Crippen LogP contribution in [0, 0.1) is 5.92 Å². The van der Waals surface area contributed by atoms with Crippen LogP contribution in [0.25, 0.3) is 10.8 Å². The number of rotatable bonds is 6. The molecule has 2 aromatic rings. The van der Waals surface area contributed by atoms with Crippen LogP contribution >= 0.6 is 11.6 Å². The normalized spacial score (nSPS) is 23.8. The van der Waals surface area contributed by atoms with Crippen LogP contribution in [0.15, 0.2) is 35.5 Å². The molecule has 1 aromatic carbocycles. The Morgan fingerprint density at radius 3 is 2.80 bits per heavy atom. The van der Waals surface area contributed by atoms with E-state index < -0.39 is 22.1 Å². The van der Waals surface area contributed by atoms with Gasteiger partial charge >= 0.3 is 0 Å². The number of ketones is 1. The van der Waals surface area contributed by atoms with Crippen LogP contribution in [0.1, 0.15) is 19.3 Å². The molecule has 10 heteroatoms. The molecule has 2 aliphatic rings. The molecule has 0 amide bonds. The summed E-state index contributed by atoms with van der Waals surface area (Å²) in [5, 5.41) is 1.27. The van der Waals surface area contributed by atoms with Crippen LogP contribution in [0.2, 0.25) is 5.02 Å². The van der Waals surface area contributed by atoms with Crippen LogP contribution in [0.5, 0.6) is 0 Å². The topological polar surface area (TPSA) is 112 Å². The van der Waals surface area contributed by atoms with Gasteiger partial charge < -0.3 is 15.2 Å². The molecule has 30 heavy (non-hydrogen) atoms. The molecule has 3 heterocycles. The SMILES string of the molecule is N[C@H]1C(C(=O)COC2CCOCC2)CCN1S(=O)(=O)c1cccc2cncc(Cl)c12. The van der Waals surface area contributed by atoms with Gasteiger partial charge in [-0.2, -0.15) is 4.31 Å². The summed E-state index contributed by atoms with van der Waals surface area (Å²) in [7, 11) is -3.95. The molecular weight excluding hydrogens is 430 g/mol. The van der Waals surface area contributed by atoms with Crippen molar-refractivity contribution in [2.24, 2.45) is 11.7 Å². The molecule has 0 saturated carbocycles. The summed E-state index contributed by atoms with van der Waals surface area (Å²) in [5.74, 6) is -0.779. The van der Waals surface area contributed by atoms with E-state index >= 15 is 0 Å². The fourth-order valence-electron chi connectivity index (χ4n) is 4.07. The largest absolute Gasteiger partial charge is 0.381 e. The Morgan fingerprint density at radius 2 is 2.03 bits per heavy atom. The molecule has 2 fully saturated rings. The third kappa shape index (κ3) is 4.10. The third-order valence-electron chi connectivity index (χ3n) is 5.73. The molecule has 0 spiro atoms. The lowest BCUT2D eigenvalue weighted by Crippen LogP contribution is -2.46. The Hall–Kier alpha value is -1.62. The van der Waals surface area contributed by atoms with E-state index in [2.05, 4.69) is 4.98 Å². The van der Waals surface area contributed by atoms with E-state index in [0.29, 0.717) is 30.4 Å². The van der Waals surface area contributed by atoms with Crippen molar-refractivity contribution in [1.29, 1.82) is 0 Å². The minimum Gasteiger partial charge on any atom is -0.381 e.